The molecule has 3 rings (SSSR count). The van der Waals surface area contributed by atoms with Crippen LogP contribution in [0, 0.1) is 0 Å². The summed E-state index contributed by atoms with van der Waals surface area (Å²) in [4.78, 5) is 13.4. The van der Waals surface area contributed by atoms with Crippen LogP contribution in [-0.4, -0.2) is 30.0 Å². The van der Waals surface area contributed by atoms with Gasteiger partial charge in [-0.3, -0.25) is 0 Å². The Bertz CT molecular complexity index is 723. The third-order valence-corrected chi connectivity index (χ3v) is 5.20. The van der Waals surface area contributed by atoms with Crippen molar-refractivity contribution in [2.45, 2.75) is 49.0 Å². The van der Waals surface area contributed by atoms with Crippen LogP contribution < -0.4 is 5.32 Å². The van der Waals surface area contributed by atoms with Gasteiger partial charge in [0.2, 0.25) is 0 Å². The summed E-state index contributed by atoms with van der Waals surface area (Å²) in [5.74, 6) is -0.583. The Morgan fingerprint density at radius 2 is 1.85 bits per heavy atom. The van der Waals surface area contributed by atoms with Gasteiger partial charge in [-0.15, -0.1) is 11.8 Å². The first-order chi connectivity index (χ1) is 13.0. The van der Waals surface area contributed by atoms with E-state index in [0.717, 1.165) is 10.5 Å². The molecule has 1 amide bonds. The van der Waals surface area contributed by atoms with E-state index in [1.165, 1.54) is 0 Å². The van der Waals surface area contributed by atoms with Crippen molar-refractivity contribution in [1.29, 1.82) is 0 Å². The first kappa shape index (κ1) is 19.7. The lowest BCUT2D eigenvalue weighted by Crippen LogP contribution is -2.36. The number of hydrogen-bond acceptors (Lipinski definition) is 5. The second kappa shape index (κ2) is 9.26. The van der Waals surface area contributed by atoms with Gasteiger partial charge in [0, 0.05) is 11.3 Å². The number of rotatable bonds is 7. The second-order valence-corrected chi connectivity index (χ2v) is 8.09. The molecule has 0 spiro atoms. The molecule has 5 nitrogen and oxygen atoms in total. The highest BCUT2D eigenvalue weighted by molar-refractivity contribution is 8.00. The maximum Gasteiger partial charge on any atom is 0.408 e. The number of alkyl carbamates (subject to hydrolysis) is 1. The number of carbonyl (C=O) groups excluding carboxylic acids is 1. The zero-order valence-corrected chi connectivity index (χ0v) is 16.4. The van der Waals surface area contributed by atoms with E-state index in [1.807, 2.05) is 74.5 Å². The van der Waals surface area contributed by atoms with Gasteiger partial charge in [0.05, 0.1) is 18.1 Å². The van der Waals surface area contributed by atoms with Crippen molar-refractivity contribution in [1.82, 2.24) is 5.32 Å². The number of thioether (sulfide) groups is 1. The molecule has 2 aromatic rings. The molecule has 0 aromatic heterocycles. The Kier molecular flexibility index (Phi) is 6.77. The van der Waals surface area contributed by atoms with Gasteiger partial charge >= 0.3 is 6.09 Å². The Labute approximate surface area is 164 Å². The number of carbonyl (C=O) groups is 1. The van der Waals surface area contributed by atoms with Gasteiger partial charge in [0.15, 0.2) is 5.79 Å². The first-order valence-electron chi connectivity index (χ1n) is 9.01. The van der Waals surface area contributed by atoms with Crippen LogP contribution in [0.1, 0.15) is 25.8 Å². The first-order valence-corrected chi connectivity index (χ1v) is 9.89. The van der Waals surface area contributed by atoms with Crippen LogP contribution in [0.5, 0.6) is 0 Å². The van der Waals surface area contributed by atoms with E-state index >= 15 is 0 Å². The predicted octanol–water partition coefficient (Wildman–Crippen LogP) is 4.57. The fraction of sp³-hybridized carbons (Fsp3) is 0.381. The molecule has 0 saturated carbocycles. The van der Waals surface area contributed by atoms with Gasteiger partial charge in [-0.1, -0.05) is 48.5 Å². The fourth-order valence-corrected chi connectivity index (χ4v) is 3.92. The highest BCUT2D eigenvalue weighted by atomic mass is 32.2. The topological polar surface area (TPSA) is 56.8 Å². The standard InChI is InChI=1S/C21H25NO4S/c1-21(2)25-15-17(26-21)13-19(27-18-11-7-4-8-12-18)22-20(23)24-14-16-9-5-3-6-10-16/h3-12,17,19H,13-15H2,1-2H3,(H,22,23)/t17-,19?/m1/s1. The molecule has 27 heavy (non-hydrogen) atoms. The molecule has 0 aliphatic carbocycles. The second-order valence-electron chi connectivity index (χ2n) is 6.81. The van der Waals surface area contributed by atoms with Crippen molar-refractivity contribution in [3.63, 3.8) is 0 Å². The number of ether oxygens (including phenoxy) is 3. The van der Waals surface area contributed by atoms with E-state index < -0.39 is 11.9 Å². The largest absolute Gasteiger partial charge is 0.445 e. The number of nitrogens with one attached hydrogen (secondary N) is 1. The Morgan fingerprint density at radius 1 is 1.19 bits per heavy atom. The van der Waals surface area contributed by atoms with Gasteiger partial charge in [0.1, 0.15) is 6.61 Å². The summed E-state index contributed by atoms with van der Waals surface area (Å²) in [7, 11) is 0. The zero-order valence-electron chi connectivity index (χ0n) is 15.6. The third-order valence-electron chi connectivity index (χ3n) is 4.06. The maximum absolute atomic E-state index is 12.3. The van der Waals surface area contributed by atoms with Crippen molar-refractivity contribution < 1.29 is 19.0 Å². The minimum absolute atomic E-state index is 0.0735. The van der Waals surface area contributed by atoms with Crippen LogP contribution in [-0.2, 0) is 20.8 Å². The van der Waals surface area contributed by atoms with Crippen molar-refractivity contribution >= 4 is 17.9 Å². The number of hydrogen-bond donors (Lipinski definition) is 1. The summed E-state index contributed by atoms with van der Waals surface area (Å²) >= 11 is 1.58. The van der Waals surface area contributed by atoms with Gasteiger partial charge in [0.25, 0.3) is 0 Å². The van der Waals surface area contributed by atoms with Crippen molar-refractivity contribution in [2.75, 3.05) is 6.61 Å². The average molecular weight is 388 g/mol. The molecule has 1 aliphatic heterocycles. The highest BCUT2D eigenvalue weighted by Crippen LogP contribution is 2.30. The van der Waals surface area contributed by atoms with Crippen molar-refractivity contribution in [2.24, 2.45) is 0 Å². The summed E-state index contributed by atoms with van der Waals surface area (Å²) in [5, 5.41) is 2.77. The summed E-state index contributed by atoms with van der Waals surface area (Å²) in [6, 6.07) is 19.6. The third kappa shape index (κ3) is 6.57. The monoisotopic (exact) mass is 387 g/mol. The van der Waals surface area contributed by atoms with Crippen LogP contribution in [0.3, 0.4) is 0 Å². The van der Waals surface area contributed by atoms with Crippen molar-refractivity contribution in [3.8, 4) is 0 Å². The lowest BCUT2D eigenvalue weighted by atomic mass is 10.2. The zero-order chi connectivity index (χ0) is 19.1. The van der Waals surface area contributed by atoms with E-state index in [2.05, 4.69) is 5.32 Å². The average Bonchev–Trinajstić information content (AvgIpc) is 3.00. The smallest absolute Gasteiger partial charge is 0.408 e. The summed E-state index contributed by atoms with van der Waals surface area (Å²) < 4.78 is 16.9. The Hall–Kier alpha value is -2.02. The molecule has 1 aliphatic rings. The summed E-state index contributed by atoms with van der Waals surface area (Å²) in [5.41, 5.74) is 0.953. The van der Waals surface area contributed by atoms with E-state index in [9.17, 15) is 4.79 Å². The van der Waals surface area contributed by atoms with Crippen molar-refractivity contribution in [3.05, 3.63) is 66.2 Å². The molecular formula is C21H25NO4S. The van der Waals surface area contributed by atoms with Crippen LogP contribution in [0.4, 0.5) is 4.79 Å². The SMILES string of the molecule is CC1(C)OC[C@@H](CC(NC(=O)OCc2ccccc2)Sc2ccccc2)O1. The Morgan fingerprint density at radius 3 is 2.48 bits per heavy atom. The molecule has 0 bridgehead atoms. The molecule has 2 aromatic carbocycles. The number of benzene rings is 2. The molecule has 0 radical (unpaired) electrons. The minimum atomic E-state index is -0.583. The van der Waals surface area contributed by atoms with Gasteiger partial charge in [-0.2, -0.15) is 0 Å². The minimum Gasteiger partial charge on any atom is -0.445 e. The molecule has 1 fully saturated rings. The van der Waals surface area contributed by atoms with E-state index in [0.29, 0.717) is 13.0 Å². The van der Waals surface area contributed by atoms with Gasteiger partial charge in [-0.25, -0.2) is 4.79 Å². The predicted molar refractivity (Wildman–Crippen MR) is 105 cm³/mol. The lowest BCUT2D eigenvalue weighted by molar-refractivity contribution is -0.138. The lowest BCUT2D eigenvalue weighted by Gasteiger charge is -2.22. The van der Waals surface area contributed by atoms with E-state index in [4.69, 9.17) is 14.2 Å². The molecule has 1 saturated heterocycles. The molecule has 144 valence electrons. The maximum atomic E-state index is 12.3. The molecular weight excluding hydrogens is 362 g/mol. The number of amides is 1. The molecule has 1 heterocycles. The molecule has 1 unspecified atom stereocenters. The van der Waals surface area contributed by atoms with E-state index in [-0.39, 0.29) is 18.1 Å². The fourth-order valence-electron chi connectivity index (χ4n) is 2.81. The summed E-state index contributed by atoms with van der Waals surface area (Å²) in [6.07, 6.45) is 0.116. The van der Waals surface area contributed by atoms with Crippen LogP contribution >= 0.6 is 11.8 Å². The summed E-state index contributed by atoms with van der Waals surface area (Å²) in [6.45, 7) is 4.55. The van der Waals surface area contributed by atoms with Gasteiger partial charge in [-0.05, 0) is 31.5 Å². The van der Waals surface area contributed by atoms with Crippen LogP contribution in [0.2, 0.25) is 0 Å². The quantitative estimate of drug-likeness (QED) is 0.557. The van der Waals surface area contributed by atoms with E-state index in [1.54, 1.807) is 11.8 Å². The van der Waals surface area contributed by atoms with Crippen LogP contribution in [0.25, 0.3) is 0 Å². The highest BCUT2D eigenvalue weighted by Gasteiger charge is 2.34. The van der Waals surface area contributed by atoms with Gasteiger partial charge < -0.3 is 19.5 Å². The Balaban J connectivity index is 1.57. The van der Waals surface area contributed by atoms with Crippen LogP contribution in [0.15, 0.2) is 65.6 Å². The molecule has 1 N–H and O–H groups in total. The molecule has 6 heteroatoms. The normalized spacial score (nSPS) is 19.4. The molecule has 2 atom stereocenters.